The Hall–Kier alpha value is -2.88. The van der Waals surface area contributed by atoms with Gasteiger partial charge in [-0.3, -0.25) is 9.89 Å². The summed E-state index contributed by atoms with van der Waals surface area (Å²) < 4.78 is 13.5. The van der Waals surface area contributed by atoms with Crippen LogP contribution in [0.3, 0.4) is 0 Å². The number of nitrogens with one attached hydrogen (secondary N) is 2. The molecule has 108 valence electrons. The van der Waals surface area contributed by atoms with Gasteiger partial charge in [-0.1, -0.05) is 19.4 Å². The summed E-state index contributed by atoms with van der Waals surface area (Å²) in [5.41, 5.74) is 6.69. The third-order valence-electron chi connectivity index (χ3n) is 2.97. The minimum Gasteiger partial charge on any atom is -0.395 e. The van der Waals surface area contributed by atoms with Crippen LogP contribution in [0.15, 0.2) is 18.2 Å². The van der Waals surface area contributed by atoms with Gasteiger partial charge in [0.15, 0.2) is 5.69 Å². The molecule has 0 aliphatic rings. The number of halogens is 1. The number of hydrogen-bond acceptors (Lipinski definition) is 4. The Labute approximate surface area is 120 Å². The Morgan fingerprint density at radius 1 is 1.57 bits per heavy atom. The van der Waals surface area contributed by atoms with Crippen molar-refractivity contribution in [2.75, 3.05) is 11.1 Å². The summed E-state index contributed by atoms with van der Waals surface area (Å²) in [6.07, 6.45) is 1.53. The van der Waals surface area contributed by atoms with Crippen molar-refractivity contribution in [3.63, 3.8) is 0 Å². The Balaban J connectivity index is 2.27. The number of nitrogens with zero attached hydrogens (tertiary/aromatic N) is 2. The van der Waals surface area contributed by atoms with E-state index in [0.29, 0.717) is 12.1 Å². The molecule has 2 aromatic rings. The van der Waals surface area contributed by atoms with E-state index in [0.717, 1.165) is 12.5 Å². The number of aromatic nitrogens is 2. The van der Waals surface area contributed by atoms with Crippen molar-refractivity contribution in [3.8, 4) is 6.07 Å². The lowest BCUT2D eigenvalue weighted by atomic mass is 10.1. The largest absolute Gasteiger partial charge is 0.395 e. The molecule has 1 aromatic heterocycles. The molecule has 0 saturated heterocycles. The molecule has 0 atom stereocenters. The molecule has 0 spiro atoms. The lowest BCUT2D eigenvalue weighted by Gasteiger charge is -2.06. The van der Waals surface area contributed by atoms with E-state index in [1.165, 1.54) is 12.1 Å². The molecular weight excluding hydrogens is 273 g/mol. The number of hydrogen-bond donors (Lipinski definition) is 3. The van der Waals surface area contributed by atoms with E-state index in [9.17, 15) is 9.18 Å². The fourth-order valence-electron chi connectivity index (χ4n) is 1.92. The molecule has 0 radical (unpaired) electrons. The lowest BCUT2D eigenvalue weighted by Crippen LogP contribution is -2.15. The molecule has 1 heterocycles. The lowest BCUT2D eigenvalue weighted by molar-refractivity contribution is 0.102. The van der Waals surface area contributed by atoms with E-state index in [2.05, 4.69) is 15.5 Å². The summed E-state index contributed by atoms with van der Waals surface area (Å²) >= 11 is 0. The van der Waals surface area contributed by atoms with Gasteiger partial charge in [0.1, 0.15) is 17.4 Å². The van der Waals surface area contributed by atoms with E-state index in [-0.39, 0.29) is 22.6 Å². The summed E-state index contributed by atoms with van der Waals surface area (Å²) in [4.78, 5) is 12.1. The third-order valence-corrected chi connectivity index (χ3v) is 2.97. The van der Waals surface area contributed by atoms with Crippen LogP contribution in [0, 0.1) is 17.1 Å². The molecule has 4 N–H and O–H groups in total. The highest BCUT2D eigenvalue weighted by Crippen LogP contribution is 2.21. The van der Waals surface area contributed by atoms with Crippen LogP contribution < -0.4 is 11.1 Å². The average molecular weight is 287 g/mol. The van der Waals surface area contributed by atoms with Crippen LogP contribution in [0.2, 0.25) is 0 Å². The number of benzene rings is 1. The predicted octanol–water partition coefficient (Wildman–Crippen LogP) is 2.21. The van der Waals surface area contributed by atoms with Crippen molar-refractivity contribution in [1.29, 1.82) is 5.26 Å². The normalized spacial score (nSPS) is 10.1. The Bertz CT molecular complexity index is 717. The fraction of sp³-hybridized carbons (Fsp3) is 0.214. The maximum atomic E-state index is 13.5. The zero-order valence-electron chi connectivity index (χ0n) is 11.4. The average Bonchev–Trinajstić information content (AvgIpc) is 2.81. The zero-order chi connectivity index (χ0) is 15.4. The smallest absolute Gasteiger partial charge is 0.278 e. The highest BCUT2D eigenvalue weighted by Gasteiger charge is 2.18. The Morgan fingerprint density at radius 2 is 2.33 bits per heavy atom. The number of carbonyl (C=O) groups is 1. The summed E-state index contributed by atoms with van der Waals surface area (Å²) in [6, 6.07) is 5.71. The van der Waals surface area contributed by atoms with Gasteiger partial charge < -0.3 is 11.1 Å². The second kappa shape index (κ2) is 6.05. The van der Waals surface area contributed by atoms with Crippen molar-refractivity contribution in [1.82, 2.24) is 10.2 Å². The van der Waals surface area contributed by atoms with Crippen molar-refractivity contribution >= 4 is 17.3 Å². The number of carbonyl (C=O) groups excluding carboxylic acids is 1. The van der Waals surface area contributed by atoms with Gasteiger partial charge >= 0.3 is 0 Å². The minimum atomic E-state index is -0.697. The van der Waals surface area contributed by atoms with Crippen molar-refractivity contribution in [2.24, 2.45) is 0 Å². The van der Waals surface area contributed by atoms with Gasteiger partial charge in [0.25, 0.3) is 5.91 Å². The molecule has 0 aliphatic carbocycles. The Morgan fingerprint density at radius 3 is 3.00 bits per heavy atom. The number of nitrogens with two attached hydrogens (primary N) is 1. The summed E-state index contributed by atoms with van der Waals surface area (Å²) in [5.74, 6) is -1.29. The Kier molecular flexibility index (Phi) is 4.18. The first-order chi connectivity index (χ1) is 10.1. The molecule has 0 unspecified atom stereocenters. The molecule has 0 bridgehead atoms. The van der Waals surface area contributed by atoms with Crippen LogP contribution >= 0.6 is 0 Å². The second-order valence-electron chi connectivity index (χ2n) is 4.44. The molecule has 0 saturated carbocycles. The van der Waals surface area contributed by atoms with Crippen LogP contribution in [0.1, 0.15) is 35.1 Å². The molecular formula is C14H14FN5O. The first kappa shape index (κ1) is 14.5. The van der Waals surface area contributed by atoms with Gasteiger partial charge in [-0.25, -0.2) is 4.39 Å². The molecule has 0 fully saturated rings. The number of anilines is 2. The van der Waals surface area contributed by atoms with Crippen LogP contribution in [0.4, 0.5) is 15.8 Å². The van der Waals surface area contributed by atoms with E-state index in [4.69, 9.17) is 11.0 Å². The molecule has 7 heteroatoms. The van der Waals surface area contributed by atoms with E-state index in [1.807, 2.05) is 6.92 Å². The van der Waals surface area contributed by atoms with E-state index in [1.54, 1.807) is 6.07 Å². The highest BCUT2D eigenvalue weighted by molar-refractivity contribution is 6.07. The number of aromatic amines is 1. The van der Waals surface area contributed by atoms with E-state index < -0.39 is 11.7 Å². The molecule has 2 rings (SSSR count). The van der Waals surface area contributed by atoms with Crippen molar-refractivity contribution in [3.05, 3.63) is 41.0 Å². The minimum absolute atomic E-state index is 0.0339. The molecule has 6 nitrogen and oxygen atoms in total. The number of nitriles is 1. The number of amides is 1. The van der Waals surface area contributed by atoms with Crippen molar-refractivity contribution < 1.29 is 9.18 Å². The summed E-state index contributed by atoms with van der Waals surface area (Å²) in [5, 5.41) is 18.0. The quantitative estimate of drug-likeness (QED) is 0.801. The molecule has 1 aromatic carbocycles. The number of nitrogen functional groups attached to an aromatic ring is 1. The SMILES string of the molecule is CCCc1[nH]nc(C(=O)Nc2cccc(F)c2C#N)c1N. The predicted molar refractivity (Wildman–Crippen MR) is 76.1 cm³/mol. The fourth-order valence-corrected chi connectivity index (χ4v) is 1.92. The second-order valence-corrected chi connectivity index (χ2v) is 4.44. The summed E-state index contributed by atoms with van der Waals surface area (Å²) in [6.45, 7) is 1.98. The molecule has 1 amide bonds. The van der Waals surface area contributed by atoms with Crippen LogP contribution in [-0.2, 0) is 6.42 Å². The first-order valence-electron chi connectivity index (χ1n) is 6.41. The van der Waals surface area contributed by atoms with Gasteiger partial charge in [0, 0.05) is 0 Å². The molecule has 21 heavy (non-hydrogen) atoms. The zero-order valence-corrected chi connectivity index (χ0v) is 11.4. The van der Waals surface area contributed by atoms with Gasteiger partial charge in [0.05, 0.1) is 17.1 Å². The third kappa shape index (κ3) is 2.84. The van der Waals surface area contributed by atoms with Gasteiger partial charge in [-0.2, -0.15) is 10.4 Å². The van der Waals surface area contributed by atoms with Crippen molar-refractivity contribution in [2.45, 2.75) is 19.8 Å². The van der Waals surface area contributed by atoms with Crippen LogP contribution in [0.5, 0.6) is 0 Å². The van der Waals surface area contributed by atoms with Gasteiger partial charge in [-0.05, 0) is 18.6 Å². The number of rotatable bonds is 4. The number of H-pyrrole nitrogens is 1. The van der Waals surface area contributed by atoms with Crippen LogP contribution in [0.25, 0.3) is 0 Å². The standard InChI is InChI=1S/C14H14FN5O/c1-2-4-11-12(17)13(20-19-11)14(21)18-10-6-3-5-9(15)8(10)7-16/h3,5-6H,2,4,17H2,1H3,(H,18,21)(H,19,20). The maximum absolute atomic E-state index is 13.5. The summed E-state index contributed by atoms with van der Waals surface area (Å²) in [7, 11) is 0. The maximum Gasteiger partial charge on any atom is 0.278 e. The monoisotopic (exact) mass is 287 g/mol. The molecule has 0 aliphatic heterocycles. The van der Waals surface area contributed by atoms with Gasteiger partial charge in [-0.15, -0.1) is 0 Å². The highest BCUT2D eigenvalue weighted by atomic mass is 19.1. The number of aryl methyl sites for hydroxylation is 1. The van der Waals surface area contributed by atoms with E-state index >= 15 is 0 Å². The topological polar surface area (TPSA) is 108 Å². The first-order valence-corrected chi connectivity index (χ1v) is 6.41. The van der Waals surface area contributed by atoms with Gasteiger partial charge in [0.2, 0.25) is 0 Å². The van der Waals surface area contributed by atoms with Crippen LogP contribution in [-0.4, -0.2) is 16.1 Å².